The minimum Gasteiger partial charge on any atom is -0.380 e. The second-order valence-corrected chi connectivity index (χ2v) is 5.98. The summed E-state index contributed by atoms with van der Waals surface area (Å²) in [7, 11) is 2.22. The highest BCUT2D eigenvalue weighted by molar-refractivity contribution is 4.94. The van der Waals surface area contributed by atoms with Crippen LogP contribution in [0.3, 0.4) is 0 Å². The number of hydrogen-bond acceptors (Lipinski definition) is 3. The zero-order chi connectivity index (χ0) is 11.6. The number of rotatable bonds is 4. The van der Waals surface area contributed by atoms with Crippen molar-refractivity contribution in [2.75, 3.05) is 39.9 Å². The zero-order valence-electron chi connectivity index (χ0n) is 10.7. The van der Waals surface area contributed by atoms with Crippen LogP contribution < -0.4 is 5.73 Å². The SMILES string of the molecule is CC(CN)CC1(C2CCN(C)CC2)COC1. The maximum atomic E-state index is 5.76. The van der Waals surface area contributed by atoms with E-state index in [1.807, 2.05) is 0 Å². The summed E-state index contributed by atoms with van der Waals surface area (Å²) in [5, 5.41) is 0. The molecule has 0 aromatic rings. The molecule has 2 N–H and O–H groups in total. The molecule has 0 aromatic heterocycles. The Morgan fingerprint density at radius 2 is 2.00 bits per heavy atom. The first-order valence-electron chi connectivity index (χ1n) is 6.62. The van der Waals surface area contributed by atoms with Crippen LogP contribution in [0.2, 0.25) is 0 Å². The smallest absolute Gasteiger partial charge is 0.0547 e. The fraction of sp³-hybridized carbons (Fsp3) is 1.00. The predicted molar refractivity (Wildman–Crippen MR) is 66.3 cm³/mol. The summed E-state index contributed by atoms with van der Waals surface area (Å²) in [6.45, 7) is 7.55. The molecule has 2 aliphatic rings. The quantitative estimate of drug-likeness (QED) is 0.786. The first-order chi connectivity index (χ1) is 7.66. The summed E-state index contributed by atoms with van der Waals surface area (Å²) in [6, 6.07) is 0. The van der Waals surface area contributed by atoms with Gasteiger partial charge in [0.15, 0.2) is 0 Å². The van der Waals surface area contributed by atoms with E-state index < -0.39 is 0 Å². The molecule has 1 unspecified atom stereocenters. The lowest BCUT2D eigenvalue weighted by Gasteiger charge is -2.51. The third kappa shape index (κ3) is 2.41. The molecule has 2 rings (SSSR count). The lowest BCUT2D eigenvalue weighted by molar-refractivity contribution is -0.164. The van der Waals surface area contributed by atoms with Gasteiger partial charge in [-0.15, -0.1) is 0 Å². The van der Waals surface area contributed by atoms with Crippen molar-refractivity contribution in [1.82, 2.24) is 4.90 Å². The monoisotopic (exact) mass is 226 g/mol. The Bertz CT molecular complexity index is 220. The standard InChI is InChI=1S/C13H26N2O/c1-11(8-14)7-13(9-16-10-13)12-3-5-15(2)6-4-12/h11-12H,3-10,14H2,1-2H3. The lowest BCUT2D eigenvalue weighted by Crippen LogP contribution is -2.52. The normalized spacial score (nSPS) is 28.7. The molecule has 0 amide bonds. The minimum absolute atomic E-state index is 0.472. The van der Waals surface area contributed by atoms with Crippen LogP contribution >= 0.6 is 0 Å². The van der Waals surface area contributed by atoms with Crippen molar-refractivity contribution in [3.8, 4) is 0 Å². The second kappa shape index (κ2) is 5.03. The average molecular weight is 226 g/mol. The van der Waals surface area contributed by atoms with E-state index in [9.17, 15) is 0 Å². The molecule has 16 heavy (non-hydrogen) atoms. The highest BCUT2D eigenvalue weighted by Crippen LogP contribution is 2.45. The Hall–Kier alpha value is -0.120. The average Bonchev–Trinajstić information content (AvgIpc) is 2.24. The van der Waals surface area contributed by atoms with Crippen LogP contribution in [0.15, 0.2) is 0 Å². The largest absolute Gasteiger partial charge is 0.380 e. The van der Waals surface area contributed by atoms with E-state index in [0.29, 0.717) is 11.3 Å². The molecule has 3 nitrogen and oxygen atoms in total. The van der Waals surface area contributed by atoms with Crippen molar-refractivity contribution in [2.45, 2.75) is 26.2 Å². The van der Waals surface area contributed by atoms with Gasteiger partial charge in [-0.1, -0.05) is 6.92 Å². The molecule has 0 spiro atoms. The Labute approximate surface area is 99.3 Å². The van der Waals surface area contributed by atoms with E-state index in [1.165, 1.54) is 32.4 Å². The molecule has 0 bridgehead atoms. The molecule has 0 aliphatic carbocycles. The van der Waals surface area contributed by atoms with Gasteiger partial charge in [0.05, 0.1) is 13.2 Å². The summed E-state index contributed by atoms with van der Waals surface area (Å²) < 4.78 is 5.51. The van der Waals surface area contributed by atoms with Crippen molar-refractivity contribution in [2.24, 2.45) is 23.0 Å². The van der Waals surface area contributed by atoms with Gasteiger partial charge in [0.25, 0.3) is 0 Å². The summed E-state index contributed by atoms with van der Waals surface area (Å²) in [6.07, 6.45) is 3.95. The second-order valence-electron chi connectivity index (χ2n) is 5.98. The van der Waals surface area contributed by atoms with Crippen molar-refractivity contribution < 1.29 is 4.74 Å². The molecule has 2 fully saturated rings. The first-order valence-corrected chi connectivity index (χ1v) is 6.62. The van der Waals surface area contributed by atoms with E-state index in [1.54, 1.807) is 0 Å². The molecule has 0 aromatic carbocycles. The van der Waals surface area contributed by atoms with Crippen LogP contribution in [0.1, 0.15) is 26.2 Å². The topological polar surface area (TPSA) is 38.5 Å². The van der Waals surface area contributed by atoms with Gasteiger partial charge < -0.3 is 15.4 Å². The molecule has 2 aliphatic heterocycles. The van der Waals surface area contributed by atoms with Gasteiger partial charge in [-0.25, -0.2) is 0 Å². The van der Waals surface area contributed by atoms with Crippen LogP contribution in [0, 0.1) is 17.3 Å². The number of nitrogens with two attached hydrogens (primary N) is 1. The fourth-order valence-electron chi connectivity index (χ4n) is 3.28. The van der Waals surface area contributed by atoms with Gasteiger partial charge in [-0.2, -0.15) is 0 Å². The summed E-state index contributed by atoms with van der Waals surface area (Å²) in [5.74, 6) is 1.51. The van der Waals surface area contributed by atoms with Crippen molar-refractivity contribution in [1.29, 1.82) is 0 Å². The van der Waals surface area contributed by atoms with Gasteiger partial charge in [0, 0.05) is 5.41 Å². The van der Waals surface area contributed by atoms with Gasteiger partial charge in [-0.3, -0.25) is 0 Å². The van der Waals surface area contributed by atoms with E-state index in [4.69, 9.17) is 10.5 Å². The summed E-state index contributed by atoms with van der Waals surface area (Å²) in [5.41, 5.74) is 6.23. The molecule has 0 saturated carbocycles. The van der Waals surface area contributed by atoms with Gasteiger partial charge in [-0.05, 0) is 57.8 Å². The molecule has 3 heteroatoms. The maximum absolute atomic E-state index is 5.76. The summed E-state index contributed by atoms with van der Waals surface area (Å²) in [4.78, 5) is 2.44. The maximum Gasteiger partial charge on any atom is 0.0547 e. The minimum atomic E-state index is 0.472. The van der Waals surface area contributed by atoms with Crippen molar-refractivity contribution in [3.05, 3.63) is 0 Å². The molecular weight excluding hydrogens is 200 g/mol. The molecule has 1 atom stereocenters. The third-order valence-corrected chi connectivity index (χ3v) is 4.52. The number of hydrogen-bond donors (Lipinski definition) is 1. The Morgan fingerprint density at radius 3 is 2.44 bits per heavy atom. The van der Waals surface area contributed by atoms with Crippen LogP contribution in [0.25, 0.3) is 0 Å². The van der Waals surface area contributed by atoms with Gasteiger partial charge in [0.2, 0.25) is 0 Å². The highest BCUT2D eigenvalue weighted by atomic mass is 16.5. The zero-order valence-corrected chi connectivity index (χ0v) is 10.7. The van der Waals surface area contributed by atoms with E-state index in [2.05, 4.69) is 18.9 Å². The van der Waals surface area contributed by atoms with E-state index in [0.717, 1.165) is 25.7 Å². The molecule has 2 saturated heterocycles. The Balaban J connectivity index is 1.93. The number of piperidine rings is 1. The number of nitrogens with zero attached hydrogens (tertiary/aromatic N) is 1. The number of likely N-dealkylation sites (tertiary alicyclic amines) is 1. The molecule has 94 valence electrons. The Morgan fingerprint density at radius 1 is 1.38 bits per heavy atom. The van der Waals surface area contributed by atoms with E-state index >= 15 is 0 Å². The van der Waals surface area contributed by atoms with Crippen LogP contribution in [-0.4, -0.2) is 44.8 Å². The Kier molecular flexibility index (Phi) is 3.88. The van der Waals surface area contributed by atoms with Gasteiger partial charge in [0.1, 0.15) is 0 Å². The molecular formula is C13H26N2O. The van der Waals surface area contributed by atoms with Crippen molar-refractivity contribution >= 4 is 0 Å². The van der Waals surface area contributed by atoms with Crippen LogP contribution in [0.5, 0.6) is 0 Å². The molecule has 0 radical (unpaired) electrons. The molecule has 2 heterocycles. The van der Waals surface area contributed by atoms with Crippen LogP contribution in [0.4, 0.5) is 0 Å². The first kappa shape index (κ1) is 12.3. The third-order valence-electron chi connectivity index (χ3n) is 4.52. The predicted octanol–water partition coefficient (Wildman–Crippen LogP) is 1.33. The highest BCUT2D eigenvalue weighted by Gasteiger charge is 2.46. The fourth-order valence-corrected chi connectivity index (χ4v) is 3.28. The summed E-state index contributed by atoms with van der Waals surface area (Å²) >= 11 is 0. The lowest BCUT2D eigenvalue weighted by atomic mass is 9.65. The van der Waals surface area contributed by atoms with Gasteiger partial charge >= 0.3 is 0 Å². The van der Waals surface area contributed by atoms with E-state index in [-0.39, 0.29) is 0 Å². The number of ether oxygens (including phenoxy) is 1. The van der Waals surface area contributed by atoms with Crippen LogP contribution in [-0.2, 0) is 4.74 Å². The van der Waals surface area contributed by atoms with Crippen molar-refractivity contribution in [3.63, 3.8) is 0 Å².